The summed E-state index contributed by atoms with van der Waals surface area (Å²) in [5, 5.41) is 16.0. The van der Waals surface area contributed by atoms with E-state index in [0.29, 0.717) is 35.1 Å². The number of nitro benzene ring substituents is 1. The van der Waals surface area contributed by atoms with Gasteiger partial charge in [-0.2, -0.15) is 9.50 Å². The molecule has 0 saturated carbocycles. The molecule has 32 heavy (non-hydrogen) atoms. The Morgan fingerprint density at radius 2 is 2.00 bits per heavy atom. The lowest BCUT2D eigenvalue weighted by atomic mass is 9.82. The quantitative estimate of drug-likeness (QED) is 0.253. The van der Waals surface area contributed by atoms with Gasteiger partial charge in [0, 0.05) is 30.5 Å². The van der Waals surface area contributed by atoms with E-state index in [1.165, 1.54) is 42.2 Å². The average Bonchev–Trinajstić information content (AvgIpc) is 3.22. The summed E-state index contributed by atoms with van der Waals surface area (Å²) in [7, 11) is 0. The molecule has 0 aliphatic heterocycles. The van der Waals surface area contributed by atoms with Crippen LogP contribution in [-0.2, 0) is 12.2 Å². The largest absolute Gasteiger partial charge is 0.294 e. The molecule has 10 heteroatoms. The lowest BCUT2D eigenvalue weighted by Gasteiger charge is -2.23. The third-order valence-electron chi connectivity index (χ3n) is 5.45. The fourth-order valence-corrected chi connectivity index (χ4v) is 4.63. The number of carbonyl (C=O) groups is 1. The van der Waals surface area contributed by atoms with Crippen molar-refractivity contribution >= 4 is 29.0 Å². The number of rotatable bonds is 5. The molecule has 2 aromatic carbocycles. The minimum absolute atomic E-state index is 0.0312. The van der Waals surface area contributed by atoms with Crippen LogP contribution in [0, 0.1) is 15.9 Å². The van der Waals surface area contributed by atoms with Gasteiger partial charge in [-0.3, -0.25) is 14.9 Å². The minimum Gasteiger partial charge on any atom is -0.294 e. The number of ketones is 1. The average molecular weight is 449 g/mol. The third-order valence-corrected chi connectivity index (χ3v) is 6.36. The second-order valence-corrected chi connectivity index (χ2v) is 8.46. The molecule has 2 heterocycles. The van der Waals surface area contributed by atoms with E-state index in [9.17, 15) is 19.3 Å². The first-order valence-corrected chi connectivity index (χ1v) is 10.9. The number of hydrogen-bond acceptors (Lipinski definition) is 7. The molecular formula is C22H16FN5O3S. The zero-order valence-corrected chi connectivity index (χ0v) is 17.5. The zero-order chi connectivity index (χ0) is 22.2. The standard InChI is InChI=1S/C22H16FN5O3S/c23-16-6-4-14(5-7-16)15-9-19-18(20(29)10-15)11-24-21-25-22(26-27(19)21)32-12-13-2-1-3-17(8-13)28(30)31/h1-8,11,15H,9-10,12H2. The van der Waals surface area contributed by atoms with Gasteiger partial charge < -0.3 is 0 Å². The summed E-state index contributed by atoms with van der Waals surface area (Å²) in [5.74, 6) is 0.419. The zero-order valence-electron chi connectivity index (χ0n) is 16.6. The minimum atomic E-state index is -0.428. The molecule has 2 aromatic heterocycles. The van der Waals surface area contributed by atoms with Gasteiger partial charge in [0.15, 0.2) is 5.78 Å². The summed E-state index contributed by atoms with van der Waals surface area (Å²) in [6.45, 7) is 0. The van der Waals surface area contributed by atoms with Crippen molar-refractivity contribution in [3.63, 3.8) is 0 Å². The first-order valence-electron chi connectivity index (χ1n) is 9.87. The monoisotopic (exact) mass is 449 g/mol. The van der Waals surface area contributed by atoms with Crippen LogP contribution in [0.5, 0.6) is 0 Å². The number of nitro groups is 1. The van der Waals surface area contributed by atoms with Crippen LogP contribution in [0.3, 0.4) is 0 Å². The molecule has 0 saturated heterocycles. The summed E-state index contributed by atoms with van der Waals surface area (Å²) < 4.78 is 14.9. The van der Waals surface area contributed by atoms with Crippen molar-refractivity contribution in [3.05, 3.63) is 93.0 Å². The highest BCUT2D eigenvalue weighted by Crippen LogP contribution is 2.33. The Bertz CT molecular complexity index is 1360. The Morgan fingerprint density at radius 1 is 1.19 bits per heavy atom. The van der Waals surface area contributed by atoms with E-state index in [1.54, 1.807) is 22.7 Å². The number of non-ortho nitro benzene ring substituents is 1. The van der Waals surface area contributed by atoms with Crippen molar-refractivity contribution in [2.75, 3.05) is 0 Å². The highest BCUT2D eigenvalue weighted by atomic mass is 32.2. The van der Waals surface area contributed by atoms with E-state index < -0.39 is 4.92 Å². The maximum Gasteiger partial charge on any atom is 0.269 e. The molecule has 1 aliphatic rings. The number of aromatic nitrogens is 4. The molecule has 0 radical (unpaired) electrons. The number of halogens is 1. The Kier molecular flexibility index (Phi) is 5.14. The van der Waals surface area contributed by atoms with Crippen molar-refractivity contribution in [1.82, 2.24) is 19.6 Å². The van der Waals surface area contributed by atoms with Gasteiger partial charge >= 0.3 is 0 Å². The first kappa shape index (κ1) is 20.3. The van der Waals surface area contributed by atoms with Crippen LogP contribution in [0.1, 0.15) is 39.5 Å². The lowest BCUT2D eigenvalue weighted by Crippen LogP contribution is -2.22. The normalized spacial score (nSPS) is 15.7. The first-order chi connectivity index (χ1) is 15.5. The lowest BCUT2D eigenvalue weighted by molar-refractivity contribution is -0.384. The maximum absolute atomic E-state index is 13.3. The molecule has 1 atom stereocenters. The Morgan fingerprint density at radius 3 is 2.78 bits per heavy atom. The van der Waals surface area contributed by atoms with Gasteiger partial charge in [0.2, 0.25) is 5.16 Å². The predicted octanol–water partition coefficient (Wildman–Crippen LogP) is 4.38. The number of hydrogen-bond donors (Lipinski definition) is 0. The summed E-state index contributed by atoms with van der Waals surface area (Å²) in [6.07, 6.45) is 2.43. The van der Waals surface area contributed by atoms with Crippen molar-refractivity contribution in [2.45, 2.75) is 29.7 Å². The van der Waals surface area contributed by atoms with Crippen molar-refractivity contribution in [3.8, 4) is 0 Å². The van der Waals surface area contributed by atoms with E-state index >= 15 is 0 Å². The number of fused-ring (bicyclic) bond motifs is 3. The van der Waals surface area contributed by atoms with Crippen LogP contribution in [-0.4, -0.2) is 30.3 Å². The molecule has 0 N–H and O–H groups in total. The molecule has 5 rings (SSSR count). The van der Waals surface area contributed by atoms with Crippen molar-refractivity contribution < 1.29 is 14.1 Å². The summed E-state index contributed by atoms with van der Waals surface area (Å²) in [4.78, 5) is 32.0. The van der Waals surface area contributed by atoms with E-state index in [2.05, 4.69) is 15.1 Å². The van der Waals surface area contributed by atoms with Gasteiger partial charge in [-0.15, -0.1) is 5.10 Å². The number of nitrogens with zero attached hydrogens (tertiary/aromatic N) is 5. The smallest absolute Gasteiger partial charge is 0.269 e. The second-order valence-electron chi connectivity index (χ2n) is 7.52. The van der Waals surface area contributed by atoms with E-state index in [-0.39, 0.29) is 23.2 Å². The van der Waals surface area contributed by atoms with Crippen LogP contribution in [0.15, 0.2) is 59.9 Å². The second kappa shape index (κ2) is 8.12. The van der Waals surface area contributed by atoms with Crippen LogP contribution >= 0.6 is 11.8 Å². The van der Waals surface area contributed by atoms with Crippen LogP contribution in [0.2, 0.25) is 0 Å². The molecule has 4 aromatic rings. The molecule has 8 nitrogen and oxygen atoms in total. The third kappa shape index (κ3) is 3.84. The topological polar surface area (TPSA) is 103 Å². The Labute approximate surface area is 185 Å². The molecular weight excluding hydrogens is 433 g/mol. The van der Waals surface area contributed by atoms with Crippen molar-refractivity contribution in [1.29, 1.82) is 0 Å². The summed E-state index contributed by atoms with van der Waals surface area (Å²) in [5.41, 5.74) is 2.97. The van der Waals surface area contributed by atoms with Crippen LogP contribution in [0.25, 0.3) is 5.78 Å². The molecule has 0 bridgehead atoms. The van der Waals surface area contributed by atoms with E-state index in [1.807, 2.05) is 6.07 Å². The van der Waals surface area contributed by atoms with Gasteiger partial charge in [0.25, 0.3) is 11.5 Å². The van der Waals surface area contributed by atoms with Gasteiger partial charge in [-0.1, -0.05) is 36.0 Å². The van der Waals surface area contributed by atoms with Crippen LogP contribution < -0.4 is 0 Å². The Balaban J connectivity index is 1.42. The van der Waals surface area contributed by atoms with Crippen LogP contribution in [0.4, 0.5) is 10.1 Å². The predicted molar refractivity (Wildman–Crippen MR) is 115 cm³/mol. The summed E-state index contributed by atoms with van der Waals surface area (Å²) in [6, 6.07) is 12.6. The molecule has 0 fully saturated rings. The molecule has 1 unspecified atom stereocenters. The highest BCUT2D eigenvalue weighted by Gasteiger charge is 2.29. The molecule has 160 valence electrons. The van der Waals surface area contributed by atoms with Gasteiger partial charge in [0.1, 0.15) is 5.82 Å². The number of carbonyl (C=O) groups excluding carboxylic acids is 1. The molecule has 1 aliphatic carbocycles. The van der Waals surface area contributed by atoms with Crippen molar-refractivity contribution in [2.24, 2.45) is 0 Å². The SMILES string of the molecule is O=C1CC(c2ccc(F)cc2)Cc2c1cnc1nc(SCc3cccc([N+](=O)[O-])c3)nn21. The van der Waals surface area contributed by atoms with Gasteiger partial charge in [-0.05, 0) is 35.6 Å². The van der Waals surface area contributed by atoms with Gasteiger partial charge in [-0.25, -0.2) is 9.37 Å². The maximum atomic E-state index is 13.3. The number of Topliss-reactive ketones (excluding diaryl/α,β-unsaturated/α-hetero) is 1. The number of benzene rings is 2. The highest BCUT2D eigenvalue weighted by molar-refractivity contribution is 7.98. The fraction of sp³-hybridized carbons (Fsp3) is 0.182. The van der Waals surface area contributed by atoms with E-state index in [4.69, 9.17) is 0 Å². The van der Waals surface area contributed by atoms with E-state index in [0.717, 1.165) is 16.8 Å². The van der Waals surface area contributed by atoms with Gasteiger partial charge in [0.05, 0.1) is 16.2 Å². The molecule has 0 spiro atoms. The fourth-order valence-electron chi connectivity index (χ4n) is 3.87. The Hall–Kier alpha value is -3.66. The molecule has 0 amide bonds. The number of thioether (sulfide) groups is 1. The summed E-state index contributed by atoms with van der Waals surface area (Å²) >= 11 is 1.34.